The zero-order valence-corrected chi connectivity index (χ0v) is 8.78. The van der Waals surface area contributed by atoms with Gasteiger partial charge in [-0.05, 0) is 37.5 Å². The summed E-state index contributed by atoms with van der Waals surface area (Å²) in [4.78, 5) is 11.0. The average molecular weight is 216 g/mol. The van der Waals surface area contributed by atoms with Gasteiger partial charge in [-0.15, -0.1) is 0 Å². The number of carboxylic acid groups (broad SMARTS) is 1. The van der Waals surface area contributed by atoms with Gasteiger partial charge in [-0.3, -0.25) is 4.79 Å². The van der Waals surface area contributed by atoms with Crippen molar-refractivity contribution < 1.29 is 20.9 Å². The van der Waals surface area contributed by atoms with Gasteiger partial charge in [0.1, 0.15) is 0 Å². The van der Waals surface area contributed by atoms with E-state index in [1.54, 1.807) is 0 Å². The van der Waals surface area contributed by atoms with Crippen molar-refractivity contribution in [1.29, 1.82) is 0 Å². The van der Waals surface area contributed by atoms with Gasteiger partial charge >= 0.3 is 5.97 Å². The largest absolute Gasteiger partial charge is 0.481 e. The molecule has 1 saturated carbocycles. The number of aliphatic carboxylic acids is 1. The molecule has 0 aromatic heterocycles. The molecule has 3 unspecified atom stereocenters. The second-order valence-corrected chi connectivity index (χ2v) is 4.21. The van der Waals surface area contributed by atoms with Crippen LogP contribution in [0.2, 0.25) is 0 Å². The average Bonchev–Trinajstić information content (AvgIpc) is 2.17. The first-order valence-corrected chi connectivity index (χ1v) is 5.18. The molecule has 0 aliphatic heterocycles. The van der Waals surface area contributed by atoms with Crippen molar-refractivity contribution >= 4 is 5.97 Å². The third kappa shape index (κ3) is 2.79. The molecule has 3 atom stereocenters. The molecule has 0 amide bonds. The summed E-state index contributed by atoms with van der Waals surface area (Å²) in [7, 11) is 0. The molecule has 15 heavy (non-hydrogen) atoms. The molecule has 2 aliphatic rings. The van der Waals surface area contributed by atoms with E-state index in [4.69, 9.17) is 5.11 Å². The summed E-state index contributed by atoms with van der Waals surface area (Å²) in [5.74, 6) is 0.341. The molecule has 0 radical (unpaired) electrons. The summed E-state index contributed by atoms with van der Waals surface area (Å²) >= 11 is 0. The molecule has 2 rings (SSSR count). The summed E-state index contributed by atoms with van der Waals surface area (Å²) in [6.45, 7) is 0. The minimum atomic E-state index is -0.579. The van der Waals surface area contributed by atoms with E-state index in [2.05, 4.69) is 12.2 Å². The van der Waals surface area contributed by atoms with Gasteiger partial charge in [0.15, 0.2) is 0 Å². The van der Waals surface area contributed by atoms with Gasteiger partial charge in [-0.1, -0.05) is 18.6 Å². The van der Waals surface area contributed by atoms with Gasteiger partial charge in [-0.2, -0.15) is 0 Å². The van der Waals surface area contributed by atoms with E-state index < -0.39 is 5.97 Å². The molecule has 2 aliphatic carbocycles. The third-order valence-electron chi connectivity index (χ3n) is 3.49. The van der Waals surface area contributed by atoms with Crippen molar-refractivity contribution in [3.63, 3.8) is 0 Å². The summed E-state index contributed by atoms with van der Waals surface area (Å²) in [6, 6.07) is 0. The van der Waals surface area contributed by atoms with Crippen LogP contribution in [0.15, 0.2) is 12.2 Å². The predicted octanol–water partition coefficient (Wildman–Crippen LogP) is 0.804. The van der Waals surface area contributed by atoms with Crippen LogP contribution >= 0.6 is 0 Å². The lowest BCUT2D eigenvalue weighted by molar-refractivity contribution is -0.145. The van der Waals surface area contributed by atoms with E-state index in [1.165, 1.54) is 6.42 Å². The summed E-state index contributed by atoms with van der Waals surface area (Å²) < 4.78 is 0. The maximum atomic E-state index is 11.0. The lowest BCUT2D eigenvalue weighted by Crippen LogP contribution is -2.33. The number of carboxylic acids is 1. The Morgan fingerprint density at radius 3 is 2.60 bits per heavy atom. The highest BCUT2D eigenvalue weighted by Crippen LogP contribution is 2.40. The highest BCUT2D eigenvalue weighted by molar-refractivity contribution is 5.70. The van der Waals surface area contributed by atoms with Crippen LogP contribution in [0.4, 0.5) is 0 Å². The van der Waals surface area contributed by atoms with Crippen molar-refractivity contribution in [2.45, 2.75) is 32.1 Å². The van der Waals surface area contributed by atoms with Gasteiger partial charge in [-0.25, -0.2) is 0 Å². The van der Waals surface area contributed by atoms with Crippen LogP contribution in [0.25, 0.3) is 0 Å². The van der Waals surface area contributed by atoms with Crippen LogP contribution in [0.5, 0.6) is 0 Å². The predicted molar refractivity (Wildman–Crippen MR) is 57.6 cm³/mol. The molecular weight excluding hydrogens is 196 g/mol. The maximum absolute atomic E-state index is 11.0. The number of hydrogen-bond donors (Lipinski definition) is 1. The van der Waals surface area contributed by atoms with Crippen molar-refractivity contribution in [1.82, 2.24) is 0 Å². The Balaban J connectivity index is 0.000000980. The van der Waals surface area contributed by atoms with Crippen molar-refractivity contribution in [3.05, 3.63) is 12.2 Å². The first-order valence-electron chi connectivity index (χ1n) is 5.18. The van der Waals surface area contributed by atoms with Crippen molar-refractivity contribution in [2.24, 2.45) is 17.8 Å². The standard InChI is InChI=1S/C11H16O2.2H2O/c12-11(13)10-7-3-5-8-4-1-2-6-9(8)10;;/h1,4,8-10H,2-3,5-7H2,(H,12,13);2*1H2. The first-order chi connectivity index (χ1) is 6.29. The van der Waals surface area contributed by atoms with Crippen LogP contribution in [0, 0.1) is 17.8 Å². The number of carbonyl (C=O) groups is 1. The molecule has 5 N–H and O–H groups in total. The quantitative estimate of drug-likeness (QED) is 0.655. The molecule has 0 saturated heterocycles. The van der Waals surface area contributed by atoms with Crippen LogP contribution in [0.3, 0.4) is 0 Å². The number of hydrogen-bond acceptors (Lipinski definition) is 1. The number of allylic oxidation sites excluding steroid dienone is 2. The Hall–Kier alpha value is -0.870. The van der Waals surface area contributed by atoms with E-state index in [-0.39, 0.29) is 16.9 Å². The van der Waals surface area contributed by atoms with Gasteiger partial charge in [0.2, 0.25) is 0 Å². The third-order valence-corrected chi connectivity index (χ3v) is 3.49. The maximum Gasteiger partial charge on any atom is 0.306 e. The molecule has 0 heterocycles. The molecule has 4 heteroatoms. The lowest BCUT2D eigenvalue weighted by atomic mass is 9.68. The Labute approximate surface area is 89.6 Å². The zero-order chi connectivity index (χ0) is 9.26. The second-order valence-electron chi connectivity index (χ2n) is 4.21. The van der Waals surface area contributed by atoms with Crippen LogP contribution < -0.4 is 0 Å². The fraction of sp³-hybridized carbons (Fsp3) is 0.727. The second kappa shape index (κ2) is 5.88. The monoisotopic (exact) mass is 216 g/mol. The number of fused-ring (bicyclic) bond motifs is 1. The van der Waals surface area contributed by atoms with Crippen molar-refractivity contribution in [3.8, 4) is 0 Å². The molecule has 1 fully saturated rings. The summed E-state index contributed by atoms with van der Waals surface area (Å²) in [5, 5.41) is 9.05. The van der Waals surface area contributed by atoms with Crippen LogP contribution in [-0.4, -0.2) is 22.0 Å². The number of rotatable bonds is 1. The SMILES string of the molecule is O.O.O=C(O)C1CCCC2C=CCCC21. The Morgan fingerprint density at radius 1 is 1.20 bits per heavy atom. The Bertz CT molecular complexity index is 237. The smallest absolute Gasteiger partial charge is 0.306 e. The highest BCUT2D eigenvalue weighted by Gasteiger charge is 2.36. The molecule has 0 aromatic carbocycles. The van der Waals surface area contributed by atoms with E-state index in [0.29, 0.717) is 11.8 Å². The first kappa shape index (κ1) is 14.1. The molecule has 88 valence electrons. The Morgan fingerprint density at radius 2 is 1.93 bits per heavy atom. The van der Waals surface area contributed by atoms with E-state index >= 15 is 0 Å². The molecular formula is C11H20O4. The van der Waals surface area contributed by atoms with Gasteiger partial charge in [0.05, 0.1) is 5.92 Å². The van der Waals surface area contributed by atoms with E-state index in [9.17, 15) is 4.79 Å². The molecule has 0 aromatic rings. The van der Waals surface area contributed by atoms with Gasteiger partial charge in [0, 0.05) is 0 Å². The fourth-order valence-corrected chi connectivity index (χ4v) is 2.82. The minimum Gasteiger partial charge on any atom is -0.481 e. The molecule has 4 nitrogen and oxygen atoms in total. The van der Waals surface area contributed by atoms with E-state index in [1.807, 2.05) is 0 Å². The summed E-state index contributed by atoms with van der Waals surface area (Å²) in [6.07, 6.45) is 9.79. The van der Waals surface area contributed by atoms with Gasteiger partial charge < -0.3 is 16.1 Å². The van der Waals surface area contributed by atoms with Crippen LogP contribution in [0.1, 0.15) is 32.1 Å². The molecule has 0 bridgehead atoms. The normalized spacial score (nSPS) is 33.2. The topological polar surface area (TPSA) is 100 Å². The van der Waals surface area contributed by atoms with Crippen molar-refractivity contribution in [2.75, 3.05) is 0 Å². The van der Waals surface area contributed by atoms with Crippen LogP contribution in [-0.2, 0) is 4.79 Å². The highest BCUT2D eigenvalue weighted by atomic mass is 16.4. The Kier molecular flexibility index (Phi) is 5.54. The molecule has 0 spiro atoms. The van der Waals surface area contributed by atoms with E-state index in [0.717, 1.165) is 25.7 Å². The summed E-state index contributed by atoms with van der Waals surface area (Å²) in [5.41, 5.74) is 0. The van der Waals surface area contributed by atoms with Gasteiger partial charge in [0.25, 0.3) is 0 Å². The lowest BCUT2D eigenvalue weighted by Gasteiger charge is -2.36. The fourth-order valence-electron chi connectivity index (χ4n) is 2.82. The zero-order valence-electron chi connectivity index (χ0n) is 8.78. The minimum absolute atomic E-state index is 0.